The van der Waals surface area contributed by atoms with E-state index < -0.39 is 11.5 Å². The van der Waals surface area contributed by atoms with Crippen molar-refractivity contribution in [1.82, 2.24) is 10.2 Å². The molecule has 2 aromatic carbocycles. The lowest BCUT2D eigenvalue weighted by Gasteiger charge is -2.34. The third-order valence-corrected chi connectivity index (χ3v) is 5.32. The van der Waals surface area contributed by atoms with Crippen LogP contribution in [-0.2, 0) is 10.2 Å². The molecule has 146 valence electrons. The first kappa shape index (κ1) is 18.9. The SMILES string of the molecule is C[C@@H](Oc1ccc(F)cc1)c1nnc(C2(c3ccc(Cl)cc3)CCOCC2)o1. The summed E-state index contributed by atoms with van der Waals surface area (Å²) >= 11 is 6.06. The lowest BCUT2D eigenvalue weighted by molar-refractivity contribution is 0.0530. The smallest absolute Gasteiger partial charge is 0.256 e. The normalized spacial score (nSPS) is 17.2. The molecule has 1 atom stereocenters. The summed E-state index contributed by atoms with van der Waals surface area (Å²) in [5.74, 6) is 1.14. The van der Waals surface area contributed by atoms with Crippen molar-refractivity contribution in [1.29, 1.82) is 0 Å². The van der Waals surface area contributed by atoms with E-state index >= 15 is 0 Å². The predicted octanol–water partition coefficient (Wildman–Crippen LogP) is 5.10. The van der Waals surface area contributed by atoms with Gasteiger partial charge in [-0.15, -0.1) is 10.2 Å². The molecule has 0 spiro atoms. The van der Waals surface area contributed by atoms with Gasteiger partial charge in [-0.3, -0.25) is 0 Å². The van der Waals surface area contributed by atoms with Crippen molar-refractivity contribution in [3.63, 3.8) is 0 Å². The van der Waals surface area contributed by atoms with E-state index in [1.165, 1.54) is 12.1 Å². The van der Waals surface area contributed by atoms with E-state index in [0.29, 0.717) is 35.8 Å². The molecule has 1 saturated heterocycles. The summed E-state index contributed by atoms with van der Waals surface area (Å²) in [6, 6.07) is 13.6. The lowest BCUT2D eigenvalue weighted by Crippen LogP contribution is -2.35. The van der Waals surface area contributed by atoms with Crippen LogP contribution in [0.4, 0.5) is 4.39 Å². The van der Waals surface area contributed by atoms with E-state index in [-0.39, 0.29) is 5.82 Å². The van der Waals surface area contributed by atoms with Gasteiger partial charge in [0.25, 0.3) is 5.89 Å². The molecule has 3 aromatic rings. The highest BCUT2D eigenvalue weighted by Gasteiger charge is 2.41. The monoisotopic (exact) mass is 402 g/mol. The molecule has 2 heterocycles. The van der Waals surface area contributed by atoms with Gasteiger partial charge in [0.05, 0.1) is 5.41 Å². The summed E-state index contributed by atoms with van der Waals surface area (Å²) in [5, 5.41) is 9.23. The molecule has 28 heavy (non-hydrogen) atoms. The fourth-order valence-electron chi connectivity index (χ4n) is 3.47. The number of hydrogen-bond donors (Lipinski definition) is 0. The number of hydrogen-bond acceptors (Lipinski definition) is 5. The van der Waals surface area contributed by atoms with Gasteiger partial charge in [-0.2, -0.15) is 0 Å². The topological polar surface area (TPSA) is 57.4 Å². The van der Waals surface area contributed by atoms with Crippen LogP contribution in [0, 0.1) is 5.82 Å². The number of benzene rings is 2. The average Bonchev–Trinajstić information content (AvgIpc) is 3.22. The lowest BCUT2D eigenvalue weighted by atomic mass is 9.74. The van der Waals surface area contributed by atoms with E-state index in [0.717, 1.165) is 18.4 Å². The summed E-state index contributed by atoms with van der Waals surface area (Å²) in [4.78, 5) is 0. The summed E-state index contributed by atoms with van der Waals surface area (Å²) < 4.78 is 30.5. The molecule has 0 saturated carbocycles. The predicted molar refractivity (Wildman–Crippen MR) is 102 cm³/mol. The van der Waals surface area contributed by atoms with Crippen LogP contribution in [0.1, 0.15) is 43.2 Å². The maximum absolute atomic E-state index is 13.1. The second-order valence-corrected chi connectivity index (χ2v) is 7.30. The third-order valence-electron chi connectivity index (χ3n) is 5.07. The molecule has 0 unspecified atom stereocenters. The van der Waals surface area contributed by atoms with Crippen molar-refractivity contribution in [2.24, 2.45) is 0 Å². The quantitative estimate of drug-likeness (QED) is 0.594. The van der Waals surface area contributed by atoms with Crippen molar-refractivity contribution in [3.05, 3.63) is 76.7 Å². The largest absolute Gasteiger partial charge is 0.481 e. The van der Waals surface area contributed by atoms with E-state index in [9.17, 15) is 4.39 Å². The molecule has 4 rings (SSSR count). The van der Waals surface area contributed by atoms with Crippen LogP contribution >= 0.6 is 11.6 Å². The third kappa shape index (κ3) is 3.75. The summed E-state index contributed by atoms with van der Waals surface area (Å²) in [6.07, 6.45) is 1.02. The zero-order valence-electron chi connectivity index (χ0n) is 15.4. The Labute approximate surface area is 167 Å². The molecule has 5 nitrogen and oxygen atoms in total. The first-order chi connectivity index (χ1) is 13.6. The van der Waals surface area contributed by atoms with Gasteiger partial charge in [-0.25, -0.2) is 4.39 Å². The van der Waals surface area contributed by atoms with Crippen molar-refractivity contribution in [2.45, 2.75) is 31.3 Å². The molecule has 0 N–H and O–H groups in total. The standard InChI is InChI=1S/C21H20ClFN2O3/c1-14(27-18-8-6-17(23)7-9-18)19-24-25-20(28-19)21(10-12-26-13-11-21)15-2-4-16(22)5-3-15/h2-9,14H,10-13H2,1H3/t14-/m1/s1. The van der Waals surface area contributed by atoms with Crippen molar-refractivity contribution < 1.29 is 18.3 Å². The van der Waals surface area contributed by atoms with Crippen LogP contribution in [-0.4, -0.2) is 23.4 Å². The molecular weight excluding hydrogens is 383 g/mol. The number of nitrogens with zero attached hydrogens (tertiary/aromatic N) is 2. The number of aromatic nitrogens is 2. The van der Waals surface area contributed by atoms with Crippen LogP contribution in [0.15, 0.2) is 52.9 Å². The molecule has 1 fully saturated rings. The van der Waals surface area contributed by atoms with Gasteiger partial charge in [0, 0.05) is 18.2 Å². The fraction of sp³-hybridized carbons (Fsp3) is 0.333. The highest BCUT2D eigenvalue weighted by atomic mass is 35.5. The van der Waals surface area contributed by atoms with E-state index in [4.69, 9.17) is 25.5 Å². The minimum atomic E-state index is -0.464. The Kier molecular flexibility index (Phi) is 5.33. The Balaban J connectivity index is 1.61. The Morgan fingerprint density at radius 3 is 2.39 bits per heavy atom. The summed E-state index contributed by atoms with van der Waals surface area (Å²) in [5.41, 5.74) is 0.659. The molecule has 1 aliphatic rings. The second-order valence-electron chi connectivity index (χ2n) is 6.86. The minimum Gasteiger partial charge on any atom is -0.481 e. The van der Waals surface area contributed by atoms with Crippen LogP contribution in [0.25, 0.3) is 0 Å². The molecule has 0 bridgehead atoms. The van der Waals surface area contributed by atoms with Crippen molar-refractivity contribution in [2.75, 3.05) is 13.2 Å². The number of ether oxygens (including phenoxy) is 2. The van der Waals surface area contributed by atoms with E-state index in [2.05, 4.69) is 10.2 Å². The second kappa shape index (κ2) is 7.89. The molecule has 0 amide bonds. The van der Waals surface area contributed by atoms with Gasteiger partial charge < -0.3 is 13.9 Å². The highest BCUT2D eigenvalue weighted by molar-refractivity contribution is 6.30. The average molecular weight is 403 g/mol. The fourth-order valence-corrected chi connectivity index (χ4v) is 3.60. The van der Waals surface area contributed by atoms with Crippen LogP contribution in [0.3, 0.4) is 0 Å². The van der Waals surface area contributed by atoms with E-state index in [1.807, 2.05) is 31.2 Å². The van der Waals surface area contributed by atoms with Gasteiger partial charge >= 0.3 is 0 Å². The molecule has 1 aliphatic heterocycles. The van der Waals surface area contributed by atoms with Crippen molar-refractivity contribution >= 4 is 11.6 Å². The Bertz CT molecular complexity index is 922. The van der Waals surface area contributed by atoms with Gasteiger partial charge in [0.1, 0.15) is 11.6 Å². The zero-order chi connectivity index (χ0) is 19.6. The molecule has 7 heteroatoms. The molecule has 0 radical (unpaired) electrons. The van der Waals surface area contributed by atoms with E-state index in [1.54, 1.807) is 12.1 Å². The maximum Gasteiger partial charge on any atom is 0.256 e. The first-order valence-electron chi connectivity index (χ1n) is 9.17. The minimum absolute atomic E-state index is 0.315. The zero-order valence-corrected chi connectivity index (χ0v) is 16.2. The van der Waals surface area contributed by atoms with Crippen LogP contribution in [0.5, 0.6) is 5.75 Å². The number of rotatable bonds is 5. The molecule has 1 aromatic heterocycles. The Morgan fingerprint density at radius 1 is 1.04 bits per heavy atom. The first-order valence-corrected chi connectivity index (χ1v) is 9.54. The van der Waals surface area contributed by atoms with Gasteiger partial charge in [0.15, 0.2) is 6.10 Å². The molecular formula is C21H20ClFN2O3. The highest BCUT2D eigenvalue weighted by Crippen LogP contribution is 2.41. The molecule has 0 aliphatic carbocycles. The van der Waals surface area contributed by atoms with Gasteiger partial charge in [-0.1, -0.05) is 23.7 Å². The Morgan fingerprint density at radius 2 is 1.71 bits per heavy atom. The van der Waals surface area contributed by atoms with Crippen LogP contribution < -0.4 is 4.74 Å². The number of halogens is 2. The maximum atomic E-state index is 13.1. The van der Waals surface area contributed by atoms with Crippen molar-refractivity contribution in [3.8, 4) is 5.75 Å². The summed E-state index contributed by atoms with van der Waals surface area (Å²) in [6.45, 7) is 3.05. The van der Waals surface area contributed by atoms with Crippen LogP contribution in [0.2, 0.25) is 5.02 Å². The Hall–Kier alpha value is -2.44. The van der Waals surface area contributed by atoms with Gasteiger partial charge in [-0.05, 0) is 61.7 Å². The van der Waals surface area contributed by atoms with Gasteiger partial charge in [0.2, 0.25) is 5.89 Å². The summed E-state index contributed by atoms with van der Waals surface area (Å²) in [7, 11) is 0.